The maximum Gasteiger partial charge on any atom is 0.416 e. The first-order valence-electron chi connectivity index (χ1n) is 10.3. The lowest BCUT2D eigenvalue weighted by atomic mass is 9.96. The summed E-state index contributed by atoms with van der Waals surface area (Å²) in [6.45, 7) is 0.978. The zero-order valence-electron chi connectivity index (χ0n) is 17.8. The molecule has 33 heavy (non-hydrogen) atoms. The van der Waals surface area contributed by atoms with E-state index in [-0.39, 0.29) is 35.2 Å². The van der Waals surface area contributed by atoms with E-state index in [4.69, 9.17) is 0 Å². The number of likely N-dealkylation sites (tertiary alicyclic amines) is 1. The van der Waals surface area contributed by atoms with Crippen LogP contribution in [0, 0.1) is 5.92 Å². The molecule has 11 heteroatoms. The van der Waals surface area contributed by atoms with E-state index in [2.05, 4.69) is 10.6 Å². The summed E-state index contributed by atoms with van der Waals surface area (Å²) in [5, 5.41) is 4.64. The zero-order chi connectivity index (χ0) is 24.2. The summed E-state index contributed by atoms with van der Waals surface area (Å²) in [7, 11) is 1.57. The second kappa shape index (κ2) is 9.88. The van der Waals surface area contributed by atoms with E-state index in [1.807, 2.05) is 0 Å². The molecule has 0 saturated carbocycles. The maximum absolute atomic E-state index is 12.8. The molecule has 8 nitrogen and oxygen atoms in total. The molecule has 0 bridgehead atoms. The number of halogens is 3. The minimum atomic E-state index is -4.56. The quantitative estimate of drug-likeness (QED) is 0.676. The predicted molar refractivity (Wildman–Crippen MR) is 113 cm³/mol. The average molecular weight is 464 g/mol. The van der Waals surface area contributed by atoms with Crippen LogP contribution in [0.4, 0.5) is 18.9 Å². The Bertz CT molecular complexity index is 1110. The van der Waals surface area contributed by atoms with E-state index in [0.29, 0.717) is 25.9 Å². The van der Waals surface area contributed by atoms with Crippen LogP contribution < -0.4 is 16.2 Å². The average Bonchev–Trinajstić information content (AvgIpc) is 2.78. The van der Waals surface area contributed by atoms with Gasteiger partial charge in [0.1, 0.15) is 5.56 Å². The number of alkyl halides is 3. The molecule has 1 saturated heterocycles. The van der Waals surface area contributed by atoms with Gasteiger partial charge in [-0.25, -0.2) is 0 Å². The molecule has 0 spiro atoms. The van der Waals surface area contributed by atoms with Crippen LogP contribution in [-0.4, -0.2) is 46.8 Å². The minimum absolute atomic E-state index is 0.0120. The fourth-order valence-electron chi connectivity index (χ4n) is 3.55. The van der Waals surface area contributed by atoms with Crippen molar-refractivity contribution in [3.63, 3.8) is 0 Å². The van der Waals surface area contributed by atoms with E-state index in [0.717, 1.165) is 18.2 Å². The molecule has 2 N–H and O–H groups in total. The van der Waals surface area contributed by atoms with Gasteiger partial charge >= 0.3 is 18.0 Å². The molecule has 1 aromatic heterocycles. The van der Waals surface area contributed by atoms with Crippen LogP contribution in [0.1, 0.15) is 28.8 Å². The molecule has 3 amide bonds. The SMILES string of the molecule is Cn1cccc(C(=O)N2CCC(CNC(=O)C(=O)Nc3cccc(C(F)(F)F)c3)CC2)c1=O. The Kier molecular flexibility index (Phi) is 7.19. The number of aromatic nitrogens is 1. The van der Waals surface area contributed by atoms with Gasteiger partial charge in [0.15, 0.2) is 0 Å². The van der Waals surface area contributed by atoms with Crippen molar-refractivity contribution in [1.82, 2.24) is 14.8 Å². The normalized spacial score (nSPS) is 14.6. The monoisotopic (exact) mass is 464 g/mol. The number of nitrogens with zero attached hydrogens (tertiary/aromatic N) is 2. The van der Waals surface area contributed by atoms with E-state index in [1.54, 1.807) is 24.2 Å². The lowest BCUT2D eigenvalue weighted by Crippen LogP contribution is -2.44. The third kappa shape index (κ3) is 5.99. The molecule has 1 fully saturated rings. The van der Waals surface area contributed by atoms with Crippen molar-refractivity contribution in [1.29, 1.82) is 0 Å². The number of anilines is 1. The second-order valence-corrected chi connectivity index (χ2v) is 7.82. The molecule has 0 unspecified atom stereocenters. The molecule has 0 aliphatic carbocycles. The third-order valence-electron chi connectivity index (χ3n) is 5.46. The summed E-state index contributed by atoms with van der Waals surface area (Å²) in [5.41, 5.74) is -1.35. The van der Waals surface area contributed by atoms with Gasteiger partial charge in [0.2, 0.25) is 0 Å². The van der Waals surface area contributed by atoms with Crippen molar-refractivity contribution < 1.29 is 27.6 Å². The van der Waals surface area contributed by atoms with Crippen molar-refractivity contribution in [3.8, 4) is 0 Å². The summed E-state index contributed by atoms with van der Waals surface area (Å²) in [4.78, 5) is 50.4. The first-order chi connectivity index (χ1) is 15.6. The standard InChI is InChI=1S/C22H23F3N4O4/c1-28-9-3-6-17(20(28)32)21(33)29-10-7-14(8-11-29)13-26-18(30)19(31)27-16-5-2-4-15(12-16)22(23,24)25/h2-6,9,12,14H,7-8,10-11,13H2,1H3,(H,26,30)(H,27,31). The number of piperidine rings is 1. The van der Waals surface area contributed by atoms with Crippen LogP contribution in [0.3, 0.4) is 0 Å². The first-order valence-corrected chi connectivity index (χ1v) is 10.3. The fraction of sp³-hybridized carbons (Fsp3) is 0.364. The molecular weight excluding hydrogens is 441 g/mol. The smallest absolute Gasteiger partial charge is 0.348 e. The van der Waals surface area contributed by atoms with Gasteiger partial charge in [-0.2, -0.15) is 13.2 Å². The van der Waals surface area contributed by atoms with Crippen LogP contribution in [0.15, 0.2) is 47.4 Å². The summed E-state index contributed by atoms with van der Waals surface area (Å²) >= 11 is 0. The maximum atomic E-state index is 12.8. The van der Waals surface area contributed by atoms with Gasteiger partial charge in [-0.1, -0.05) is 6.07 Å². The summed E-state index contributed by atoms with van der Waals surface area (Å²) < 4.78 is 39.6. The van der Waals surface area contributed by atoms with Crippen molar-refractivity contribution in [2.75, 3.05) is 25.0 Å². The Morgan fingerprint density at radius 2 is 1.76 bits per heavy atom. The number of carbonyl (C=O) groups excluding carboxylic acids is 3. The number of benzene rings is 1. The van der Waals surface area contributed by atoms with Crippen molar-refractivity contribution in [2.45, 2.75) is 19.0 Å². The van der Waals surface area contributed by atoms with E-state index in [1.165, 1.54) is 16.7 Å². The molecular formula is C22H23F3N4O4. The van der Waals surface area contributed by atoms with E-state index >= 15 is 0 Å². The molecule has 2 aromatic rings. The molecule has 1 aliphatic heterocycles. The molecule has 3 rings (SSSR count). The van der Waals surface area contributed by atoms with Gasteiger partial charge in [0.05, 0.1) is 5.56 Å². The van der Waals surface area contributed by atoms with Crippen molar-refractivity contribution >= 4 is 23.4 Å². The third-order valence-corrected chi connectivity index (χ3v) is 5.46. The number of hydrogen-bond donors (Lipinski definition) is 2. The van der Waals surface area contributed by atoms with Gasteiger partial charge in [0.25, 0.3) is 11.5 Å². The molecule has 0 radical (unpaired) electrons. The Morgan fingerprint density at radius 3 is 2.42 bits per heavy atom. The highest BCUT2D eigenvalue weighted by atomic mass is 19.4. The number of carbonyl (C=O) groups is 3. The Morgan fingerprint density at radius 1 is 1.06 bits per heavy atom. The Hall–Kier alpha value is -3.63. The van der Waals surface area contributed by atoms with Crippen LogP contribution in [0.5, 0.6) is 0 Å². The second-order valence-electron chi connectivity index (χ2n) is 7.82. The number of pyridine rings is 1. The van der Waals surface area contributed by atoms with Gasteiger partial charge in [-0.3, -0.25) is 19.2 Å². The highest BCUT2D eigenvalue weighted by molar-refractivity contribution is 6.39. The topological polar surface area (TPSA) is 101 Å². The molecule has 1 aromatic carbocycles. The zero-order valence-corrected chi connectivity index (χ0v) is 17.8. The predicted octanol–water partition coefficient (Wildman–Crippen LogP) is 2.01. The molecule has 2 heterocycles. The molecule has 176 valence electrons. The van der Waals surface area contributed by atoms with E-state index in [9.17, 15) is 32.3 Å². The molecule has 1 aliphatic rings. The largest absolute Gasteiger partial charge is 0.416 e. The number of amides is 3. The highest BCUT2D eigenvalue weighted by Crippen LogP contribution is 2.30. The summed E-state index contributed by atoms with van der Waals surface area (Å²) in [6, 6.07) is 7.12. The van der Waals surface area contributed by atoms with Gasteiger partial charge in [-0.05, 0) is 49.1 Å². The van der Waals surface area contributed by atoms with Gasteiger partial charge in [0, 0.05) is 38.6 Å². The Balaban J connectivity index is 1.47. The van der Waals surface area contributed by atoms with Crippen molar-refractivity contribution in [3.05, 3.63) is 64.1 Å². The lowest BCUT2D eigenvalue weighted by Gasteiger charge is -2.32. The van der Waals surface area contributed by atoms with Gasteiger partial charge < -0.3 is 20.1 Å². The highest BCUT2D eigenvalue weighted by Gasteiger charge is 2.31. The van der Waals surface area contributed by atoms with Crippen molar-refractivity contribution in [2.24, 2.45) is 13.0 Å². The summed E-state index contributed by atoms with van der Waals surface area (Å²) in [5.74, 6) is -2.36. The number of nitrogens with one attached hydrogen (secondary N) is 2. The summed E-state index contributed by atoms with van der Waals surface area (Å²) in [6.07, 6.45) is -1.87. The van der Waals surface area contributed by atoms with Crippen LogP contribution in [0.25, 0.3) is 0 Å². The lowest BCUT2D eigenvalue weighted by molar-refractivity contribution is -0.137. The van der Waals surface area contributed by atoms with Crippen LogP contribution >= 0.6 is 0 Å². The van der Waals surface area contributed by atoms with Crippen LogP contribution in [-0.2, 0) is 22.8 Å². The van der Waals surface area contributed by atoms with Crippen LogP contribution in [0.2, 0.25) is 0 Å². The van der Waals surface area contributed by atoms with E-state index < -0.39 is 23.6 Å². The minimum Gasteiger partial charge on any atom is -0.348 e. The molecule has 0 atom stereocenters. The number of rotatable bonds is 4. The number of hydrogen-bond acceptors (Lipinski definition) is 4. The Labute approximate surface area is 187 Å². The van der Waals surface area contributed by atoms with Gasteiger partial charge in [-0.15, -0.1) is 0 Å². The number of aryl methyl sites for hydroxylation is 1. The first kappa shape index (κ1) is 24.0. The fourth-order valence-corrected chi connectivity index (χ4v) is 3.55.